The highest BCUT2D eigenvalue weighted by Gasteiger charge is 2.08. The van der Waals surface area contributed by atoms with Gasteiger partial charge >= 0.3 is 0 Å². The van der Waals surface area contributed by atoms with Crippen molar-refractivity contribution in [2.45, 2.75) is 26.7 Å². The molecular weight excluding hydrogens is 214 g/mol. The number of para-hydroxylation sites is 2. The van der Waals surface area contributed by atoms with Crippen molar-refractivity contribution in [3.63, 3.8) is 0 Å². The van der Waals surface area contributed by atoms with E-state index in [-0.39, 0.29) is 0 Å². The predicted molar refractivity (Wildman–Crippen MR) is 71.7 cm³/mol. The lowest BCUT2D eigenvalue weighted by Gasteiger charge is -2.25. The molecule has 0 saturated heterocycles. The maximum atomic E-state index is 9.84. The number of phenols is 1. The van der Waals surface area contributed by atoms with Gasteiger partial charge in [0.05, 0.1) is 5.69 Å². The fourth-order valence-electron chi connectivity index (χ4n) is 1.86. The molecule has 0 bridgehead atoms. The van der Waals surface area contributed by atoms with Crippen LogP contribution in [-0.4, -0.2) is 31.4 Å². The number of anilines is 1. The maximum Gasteiger partial charge on any atom is 0.138 e. The lowest BCUT2D eigenvalue weighted by molar-refractivity contribution is 0.146. The third-order valence-corrected chi connectivity index (χ3v) is 2.64. The monoisotopic (exact) mass is 237 g/mol. The van der Waals surface area contributed by atoms with Gasteiger partial charge in [-0.15, -0.1) is 0 Å². The number of hydrogen-bond acceptors (Lipinski definition) is 3. The Bertz CT molecular complexity index is 315. The van der Waals surface area contributed by atoms with E-state index in [1.165, 1.54) is 0 Å². The second-order valence-electron chi connectivity index (χ2n) is 4.03. The molecule has 0 spiro atoms. The lowest BCUT2D eigenvalue weighted by Crippen LogP contribution is -2.26. The zero-order chi connectivity index (χ0) is 12.5. The van der Waals surface area contributed by atoms with Gasteiger partial charge in [0.15, 0.2) is 0 Å². The summed E-state index contributed by atoms with van der Waals surface area (Å²) in [7, 11) is 0. The van der Waals surface area contributed by atoms with Crippen molar-refractivity contribution in [3.05, 3.63) is 24.3 Å². The van der Waals surface area contributed by atoms with Gasteiger partial charge in [-0.2, -0.15) is 0 Å². The Hall–Kier alpha value is -1.22. The van der Waals surface area contributed by atoms with E-state index in [1.807, 2.05) is 25.1 Å². The molecule has 1 aromatic carbocycles. The molecule has 0 aromatic heterocycles. The second kappa shape index (κ2) is 7.96. The SMILES string of the molecule is CCCN(CCCOCC)c1ccccc1O. The van der Waals surface area contributed by atoms with Gasteiger partial charge in [0.25, 0.3) is 0 Å². The highest BCUT2D eigenvalue weighted by atomic mass is 16.5. The van der Waals surface area contributed by atoms with Crippen molar-refractivity contribution in [2.24, 2.45) is 0 Å². The fourth-order valence-corrected chi connectivity index (χ4v) is 1.86. The van der Waals surface area contributed by atoms with Crippen LogP contribution >= 0.6 is 0 Å². The third kappa shape index (κ3) is 4.65. The molecule has 0 unspecified atom stereocenters. The second-order valence-corrected chi connectivity index (χ2v) is 4.03. The molecule has 0 aliphatic carbocycles. The van der Waals surface area contributed by atoms with Crippen LogP contribution in [0.3, 0.4) is 0 Å². The van der Waals surface area contributed by atoms with Crippen LogP contribution in [-0.2, 0) is 4.74 Å². The van der Waals surface area contributed by atoms with Crippen molar-refractivity contribution in [3.8, 4) is 5.75 Å². The first-order valence-corrected chi connectivity index (χ1v) is 6.40. The summed E-state index contributed by atoms with van der Waals surface area (Å²) in [4.78, 5) is 2.22. The van der Waals surface area contributed by atoms with Crippen molar-refractivity contribution < 1.29 is 9.84 Å². The molecule has 1 rings (SSSR count). The Kier molecular flexibility index (Phi) is 6.48. The Labute approximate surface area is 104 Å². The highest BCUT2D eigenvalue weighted by molar-refractivity contribution is 5.57. The molecule has 3 heteroatoms. The first-order chi connectivity index (χ1) is 8.29. The van der Waals surface area contributed by atoms with Gasteiger partial charge < -0.3 is 14.7 Å². The molecule has 3 nitrogen and oxygen atoms in total. The average molecular weight is 237 g/mol. The smallest absolute Gasteiger partial charge is 0.138 e. The van der Waals surface area contributed by atoms with E-state index < -0.39 is 0 Å². The molecule has 0 atom stereocenters. The van der Waals surface area contributed by atoms with Crippen LogP contribution < -0.4 is 4.90 Å². The molecule has 0 aliphatic rings. The molecule has 1 N–H and O–H groups in total. The number of rotatable bonds is 8. The number of aromatic hydroxyl groups is 1. The highest BCUT2D eigenvalue weighted by Crippen LogP contribution is 2.26. The summed E-state index contributed by atoms with van der Waals surface area (Å²) in [5, 5.41) is 9.84. The average Bonchev–Trinajstić information content (AvgIpc) is 2.34. The summed E-state index contributed by atoms with van der Waals surface area (Å²) < 4.78 is 5.34. The van der Waals surface area contributed by atoms with Crippen LogP contribution in [0.25, 0.3) is 0 Å². The Morgan fingerprint density at radius 3 is 2.59 bits per heavy atom. The van der Waals surface area contributed by atoms with Gasteiger partial charge in [-0.3, -0.25) is 0 Å². The van der Waals surface area contributed by atoms with Gasteiger partial charge in [-0.05, 0) is 31.9 Å². The van der Waals surface area contributed by atoms with E-state index in [0.29, 0.717) is 5.75 Å². The van der Waals surface area contributed by atoms with Crippen LogP contribution in [0.1, 0.15) is 26.7 Å². The molecule has 1 aromatic rings. The Balaban J connectivity index is 2.56. The van der Waals surface area contributed by atoms with Crippen LogP contribution in [0.4, 0.5) is 5.69 Å². The van der Waals surface area contributed by atoms with E-state index in [1.54, 1.807) is 6.07 Å². The van der Waals surface area contributed by atoms with Crippen molar-refractivity contribution in [1.82, 2.24) is 0 Å². The number of ether oxygens (including phenoxy) is 1. The topological polar surface area (TPSA) is 32.7 Å². The minimum absolute atomic E-state index is 0.359. The summed E-state index contributed by atoms with van der Waals surface area (Å²) in [5.74, 6) is 0.359. The molecule has 0 radical (unpaired) electrons. The van der Waals surface area contributed by atoms with Gasteiger partial charge in [-0.1, -0.05) is 19.1 Å². The summed E-state index contributed by atoms with van der Waals surface area (Å²) in [5.41, 5.74) is 0.922. The van der Waals surface area contributed by atoms with Gasteiger partial charge in [0, 0.05) is 26.3 Å². The van der Waals surface area contributed by atoms with Crippen LogP contribution in [0, 0.1) is 0 Å². The summed E-state index contributed by atoms with van der Waals surface area (Å²) >= 11 is 0. The Morgan fingerprint density at radius 2 is 1.94 bits per heavy atom. The normalized spacial score (nSPS) is 10.5. The molecule has 0 fully saturated rings. The van der Waals surface area contributed by atoms with Crippen molar-refractivity contribution >= 4 is 5.69 Å². The predicted octanol–water partition coefficient (Wildman–Crippen LogP) is 3.04. The summed E-state index contributed by atoms with van der Waals surface area (Å²) in [6.45, 7) is 7.59. The molecule has 0 aliphatic heterocycles. The fraction of sp³-hybridized carbons (Fsp3) is 0.571. The zero-order valence-corrected chi connectivity index (χ0v) is 10.9. The van der Waals surface area contributed by atoms with Gasteiger partial charge in [-0.25, -0.2) is 0 Å². The van der Waals surface area contributed by atoms with E-state index >= 15 is 0 Å². The van der Waals surface area contributed by atoms with Gasteiger partial charge in [0.2, 0.25) is 0 Å². The number of phenolic OH excluding ortho intramolecular Hbond substituents is 1. The first-order valence-electron chi connectivity index (χ1n) is 6.40. The molecular formula is C14H23NO2. The van der Waals surface area contributed by atoms with E-state index in [2.05, 4.69) is 11.8 Å². The van der Waals surface area contributed by atoms with Crippen LogP contribution in [0.2, 0.25) is 0 Å². The molecule has 17 heavy (non-hydrogen) atoms. The lowest BCUT2D eigenvalue weighted by atomic mass is 10.2. The quantitative estimate of drug-likeness (QED) is 0.705. The molecule has 0 saturated carbocycles. The minimum atomic E-state index is 0.359. The van der Waals surface area contributed by atoms with Crippen LogP contribution in [0.15, 0.2) is 24.3 Å². The summed E-state index contributed by atoms with van der Waals surface area (Å²) in [6, 6.07) is 7.51. The Morgan fingerprint density at radius 1 is 1.18 bits per heavy atom. The standard InChI is InChI=1S/C14H23NO2/c1-3-10-15(11-7-12-17-4-2)13-8-5-6-9-14(13)16/h5-6,8-9,16H,3-4,7,10-12H2,1-2H3. The zero-order valence-electron chi connectivity index (χ0n) is 10.9. The van der Waals surface area contributed by atoms with Crippen LogP contribution in [0.5, 0.6) is 5.75 Å². The van der Waals surface area contributed by atoms with E-state index in [9.17, 15) is 5.11 Å². The van der Waals surface area contributed by atoms with Gasteiger partial charge in [0.1, 0.15) is 5.75 Å². The number of hydrogen-bond donors (Lipinski definition) is 1. The number of nitrogens with zero attached hydrogens (tertiary/aromatic N) is 1. The first kappa shape index (κ1) is 13.8. The molecule has 0 amide bonds. The summed E-state index contributed by atoms with van der Waals surface area (Å²) in [6.07, 6.45) is 2.06. The molecule has 96 valence electrons. The largest absolute Gasteiger partial charge is 0.506 e. The van der Waals surface area contributed by atoms with Crippen molar-refractivity contribution in [1.29, 1.82) is 0 Å². The maximum absolute atomic E-state index is 9.84. The minimum Gasteiger partial charge on any atom is -0.506 e. The third-order valence-electron chi connectivity index (χ3n) is 2.64. The van der Waals surface area contributed by atoms with E-state index in [0.717, 1.165) is 44.8 Å². The van der Waals surface area contributed by atoms with Crippen molar-refractivity contribution in [2.75, 3.05) is 31.2 Å². The number of benzene rings is 1. The van der Waals surface area contributed by atoms with E-state index in [4.69, 9.17) is 4.74 Å². The molecule has 0 heterocycles.